The van der Waals surface area contributed by atoms with Crippen LogP contribution in [0.3, 0.4) is 0 Å². The average molecular weight is 232 g/mol. The summed E-state index contributed by atoms with van der Waals surface area (Å²) in [6.07, 6.45) is 3.69. The Bertz CT molecular complexity index is 349. The second kappa shape index (κ2) is 6.18. The van der Waals surface area contributed by atoms with Gasteiger partial charge in [0.25, 0.3) is 0 Å². The van der Waals surface area contributed by atoms with Crippen LogP contribution in [-0.4, -0.2) is 12.6 Å². The van der Waals surface area contributed by atoms with Crippen molar-refractivity contribution in [2.24, 2.45) is 0 Å². The van der Waals surface area contributed by atoms with E-state index in [0.29, 0.717) is 12.1 Å². The maximum absolute atomic E-state index is 3.78. The van der Waals surface area contributed by atoms with Gasteiger partial charge in [0.05, 0.1) is 0 Å². The third-order valence-electron chi connectivity index (χ3n) is 3.56. The van der Waals surface area contributed by atoms with Gasteiger partial charge in [0.2, 0.25) is 0 Å². The maximum atomic E-state index is 3.78. The smallest absolute Gasteiger partial charge is 0.0337 e. The zero-order valence-electron chi connectivity index (χ0n) is 11.0. The van der Waals surface area contributed by atoms with E-state index in [1.54, 1.807) is 0 Å². The Morgan fingerprint density at radius 3 is 3.06 bits per heavy atom. The average Bonchev–Trinajstić information content (AvgIpc) is 2.53. The van der Waals surface area contributed by atoms with Gasteiger partial charge in [0, 0.05) is 18.6 Å². The van der Waals surface area contributed by atoms with Gasteiger partial charge in [-0.2, -0.15) is 0 Å². The summed E-state index contributed by atoms with van der Waals surface area (Å²) in [4.78, 5) is 0. The third-order valence-corrected chi connectivity index (χ3v) is 3.56. The molecule has 1 heterocycles. The standard InChI is InChI=1S/C15H24N2/c1-3-6-12(2)17-15-9-10-16-11-13-7-4-5-8-14(13)15/h4-5,7-8,12,15-17H,3,6,9-11H2,1-2H3. The highest BCUT2D eigenvalue weighted by Gasteiger charge is 2.18. The van der Waals surface area contributed by atoms with Crippen LogP contribution in [0.2, 0.25) is 0 Å². The van der Waals surface area contributed by atoms with E-state index in [4.69, 9.17) is 0 Å². The highest BCUT2D eigenvalue weighted by atomic mass is 15.0. The van der Waals surface area contributed by atoms with E-state index in [2.05, 4.69) is 48.7 Å². The molecule has 1 aromatic rings. The topological polar surface area (TPSA) is 24.1 Å². The fourth-order valence-electron chi connectivity index (χ4n) is 2.69. The Hall–Kier alpha value is -0.860. The molecule has 17 heavy (non-hydrogen) atoms. The first kappa shape index (κ1) is 12.6. The van der Waals surface area contributed by atoms with Gasteiger partial charge in [0.15, 0.2) is 0 Å². The van der Waals surface area contributed by atoms with Crippen molar-refractivity contribution in [3.8, 4) is 0 Å². The van der Waals surface area contributed by atoms with Crippen molar-refractivity contribution in [2.45, 2.75) is 51.7 Å². The van der Waals surface area contributed by atoms with E-state index in [1.165, 1.54) is 30.4 Å². The second-order valence-electron chi connectivity index (χ2n) is 5.07. The normalized spacial score (nSPS) is 21.6. The van der Waals surface area contributed by atoms with Gasteiger partial charge in [0.1, 0.15) is 0 Å². The molecule has 1 aliphatic heterocycles. The lowest BCUT2D eigenvalue weighted by molar-refractivity contribution is 0.415. The Balaban J connectivity index is 2.11. The van der Waals surface area contributed by atoms with Crippen molar-refractivity contribution in [1.29, 1.82) is 0 Å². The molecule has 2 nitrogen and oxygen atoms in total. The van der Waals surface area contributed by atoms with Gasteiger partial charge in [-0.1, -0.05) is 37.6 Å². The van der Waals surface area contributed by atoms with E-state index in [0.717, 1.165) is 13.1 Å². The fourth-order valence-corrected chi connectivity index (χ4v) is 2.69. The molecule has 0 aromatic heterocycles. The van der Waals surface area contributed by atoms with Crippen molar-refractivity contribution in [3.63, 3.8) is 0 Å². The van der Waals surface area contributed by atoms with Gasteiger partial charge in [-0.25, -0.2) is 0 Å². The zero-order chi connectivity index (χ0) is 12.1. The predicted octanol–water partition coefficient (Wildman–Crippen LogP) is 3.00. The summed E-state index contributed by atoms with van der Waals surface area (Å²) < 4.78 is 0. The van der Waals surface area contributed by atoms with Crippen LogP contribution in [0.15, 0.2) is 24.3 Å². The molecule has 0 bridgehead atoms. The first-order valence-corrected chi connectivity index (χ1v) is 6.85. The Kier molecular flexibility index (Phi) is 4.57. The lowest BCUT2D eigenvalue weighted by atomic mass is 9.98. The van der Waals surface area contributed by atoms with Crippen LogP contribution in [0.5, 0.6) is 0 Å². The van der Waals surface area contributed by atoms with Crippen molar-refractivity contribution in [1.82, 2.24) is 10.6 Å². The molecule has 94 valence electrons. The summed E-state index contributed by atoms with van der Waals surface area (Å²) in [7, 11) is 0. The molecule has 0 spiro atoms. The Morgan fingerprint density at radius 2 is 2.24 bits per heavy atom. The summed E-state index contributed by atoms with van der Waals surface area (Å²) in [6.45, 7) is 6.66. The lowest BCUT2D eigenvalue weighted by Crippen LogP contribution is -2.31. The highest BCUT2D eigenvalue weighted by molar-refractivity contribution is 5.31. The molecular formula is C15H24N2. The van der Waals surface area contributed by atoms with Crippen LogP contribution in [0.25, 0.3) is 0 Å². The molecule has 2 atom stereocenters. The van der Waals surface area contributed by atoms with Crippen LogP contribution in [0.4, 0.5) is 0 Å². The predicted molar refractivity (Wildman–Crippen MR) is 73.0 cm³/mol. The van der Waals surface area contributed by atoms with Crippen LogP contribution in [0.1, 0.15) is 50.3 Å². The third kappa shape index (κ3) is 3.30. The zero-order valence-corrected chi connectivity index (χ0v) is 11.0. The Labute approximate surface area is 105 Å². The quantitative estimate of drug-likeness (QED) is 0.834. The number of hydrogen-bond donors (Lipinski definition) is 2. The first-order valence-electron chi connectivity index (χ1n) is 6.85. The molecule has 0 amide bonds. The molecule has 1 aliphatic rings. The van der Waals surface area contributed by atoms with Crippen molar-refractivity contribution in [3.05, 3.63) is 35.4 Å². The summed E-state index contributed by atoms with van der Waals surface area (Å²) in [5.41, 5.74) is 2.94. The fraction of sp³-hybridized carbons (Fsp3) is 0.600. The molecule has 0 fully saturated rings. The van der Waals surface area contributed by atoms with E-state index in [-0.39, 0.29) is 0 Å². The minimum Gasteiger partial charge on any atom is -0.313 e. The van der Waals surface area contributed by atoms with E-state index in [9.17, 15) is 0 Å². The monoisotopic (exact) mass is 232 g/mol. The molecule has 2 unspecified atom stereocenters. The maximum Gasteiger partial charge on any atom is 0.0337 e. The molecule has 1 aromatic carbocycles. The lowest BCUT2D eigenvalue weighted by Gasteiger charge is -2.23. The number of benzene rings is 1. The molecule has 2 N–H and O–H groups in total. The second-order valence-corrected chi connectivity index (χ2v) is 5.07. The minimum absolute atomic E-state index is 0.516. The SMILES string of the molecule is CCCC(C)NC1CCNCc2ccccc21. The molecule has 0 aliphatic carbocycles. The number of rotatable bonds is 4. The van der Waals surface area contributed by atoms with Gasteiger partial charge in [-0.15, -0.1) is 0 Å². The summed E-state index contributed by atoms with van der Waals surface area (Å²) >= 11 is 0. The summed E-state index contributed by atoms with van der Waals surface area (Å²) in [5.74, 6) is 0. The van der Waals surface area contributed by atoms with E-state index >= 15 is 0 Å². The number of nitrogens with one attached hydrogen (secondary N) is 2. The molecule has 2 rings (SSSR count). The Morgan fingerprint density at radius 1 is 1.41 bits per heavy atom. The molecule has 0 saturated heterocycles. The molecule has 0 saturated carbocycles. The van der Waals surface area contributed by atoms with Gasteiger partial charge in [-0.3, -0.25) is 0 Å². The van der Waals surface area contributed by atoms with Crippen molar-refractivity contribution in [2.75, 3.05) is 6.54 Å². The first-order chi connectivity index (χ1) is 8.31. The summed E-state index contributed by atoms with van der Waals surface area (Å²) in [5, 5.41) is 7.27. The number of hydrogen-bond acceptors (Lipinski definition) is 2. The van der Waals surface area contributed by atoms with Crippen LogP contribution >= 0.6 is 0 Å². The minimum atomic E-state index is 0.516. The molecule has 2 heteroatoms. The van der Waals surface area contributed by atoms with Gasteiger partial charge in [-0.05, 0) is 37.4 Å². The largest absolute Gasteiger partial charge is 0.313 e. The number of fused-ring (bicyclic) bond motifs is 1. The van der Waals surface area contributed by atoms with Crippen LogP contribution in [0, 0.1) is 0 Å². The van der Waals surface area contributed by atoms with Crippen molar-refractivity contribution >= 4 is 0 Å². The van der Waals surface area contributed by atoms with Gasteiger partial charge < -0.3 is 10.6 Å². The van der Waals surface area contributed by atoms with E-state index in [1.807, 2.05) is 0 Å². The van der Waals surface area contributed by atoms with E-state index < -0.39 is 0 Å². The van der Waals surface area contributed by atoms with Gasteiger partial charge >= 0.3 is 0 Å². The summed E-state index contributed by atoms with van der Waals surface area (Å²) in [6, 6.07) is 9.94. The highest BCUT2D eigenvalue weighted by Crippen LogP contribution is 2.24. The molecular weight excluding hydrogens is 208 g/mol. The van der Waals surface area contributed by atoms with Crippen LogP contribution < -0.4 is 10.6 Å². The molecule has 0 radical (unpaired) electrons. The van der Waals surface area contributed by atoms with Crippen molar-refractivity contribution < 1.29 is 0 Å². The van der Waals surface area contributed by atoms with Crippen LogP contribution in [-0.2, 0) is 6.54 Å².